The van der Waals surface area contributed by atoms with E-state index < -0.39 is 5.97 Å². The second-order valence-corrected chi connectivity index (χ2v) is 6.01. The van der Waals surface area contributed by atoms with Gasteiger partial charge in [0.15, 0.2) is 0 Å². The van der Waals surface area contributed by atoms with Crippen molar-refractivity contribution in [1.29, 1.82) is 0 Å². The minimum Gasteiger partial charge on any atom is -0.490 e. The predicted molar refractivity (Wildman–Crippen MR) is 102 cm³/mol. The van der Waals surface area contributed by atoms with Gasteiger partial charge in [-0.25, -0.2) is 0 Å². The summed E-state index contributed by atoms with van der Waals surface area (Å²) in [4.78, 5) is 22.0. The molecule has 0 spiro atoms. The molecule has 2 N–H and O–H groups in total. The number of aryl methyl sites for hydroxylation is 1. The van der Waals surface area contributed by atoms with Crippen LogP contribution in [0.15, 0.2) is 48.5 Å². The molecule has 0 aliphatic carbocycles. The van der Waals surface area contributed by atoms with Gasteiger partial charge < -0.3 is 19.9 Å². The van der Waals surface area contributed by atoms with Crippen molar-refractivity contribution in [2.45, 2.75) is 32.7 Å². The van der Waals surface area contributed by atoms with Crippen molar-refractivity contribution in [2.75, 3.05) is 13.2 Å². The van der Waals surface area contributed by atoms with Crippen molar-refractivity contribution in [3.8, 4) is 11.5 Å². The van der Waals surface area contributed by atoms with Crippen LogP contribution in [0.25, 0.3) is 0 Å². The van der Waals surface area contributed by atoms with Crippen LogP contribution < -0.4 is 14.8 Å². The van der Waals surface area contributed by atoms with E-state index in [9.17, 15) is 9.59 Å². The van der Waals surface area contributed by atoms with Crippen LogP contribution in [-0.4, -0.2) is 30.2 Å². The molecule has 1 amide bonds. The Bertz CT molecular complexity index is 742. The number of carboxylic acids is 1. The molecule has 0 fully saturated rings. The van der Waals surface area contributed by atoms with Crippen molar-refractivity contribution in [1.82, 2.24) is 5.32 Å². The smallest absolute Gasteiger partial charge is 0.303 e. The average molecular weight is 371 g/mol. The molecule has 2 rings (SSSR count). The van der Waals surface area contributed by atoms with Crippen LogP contribution in [0.3, 0.4) is 0 Å². The van der Waals surface area contributed by atoms with Crippen LogP contribution in [0.2, 0.25) is 0 Å². The number of hydrogen-bond donors (Lipinski definition) is 2. The maximum absolute atomic E-state index is 11.6. The molecule has 27 heavy (non-hydrogen) atoms. The summed E-state index contributed by atoms with van der Waals surface area (Å²) in [5, 5.41) is 11.3. The Kier molecular flexibility index (Phi) is 8.16. The Morgan fingerprint density at radius 2 is 1.63 bits per heavy atom. The molecule has 2 aromatic carbocycles. The normalized spacial score (nSPS) is 10.3. The molecule has 6 nitrogen and oxygen atoms in total. The van der Waals surface area contributed by atoms with Gasteiger partial charge in [0.1, 0.15) is 24.7 Å². The number of aliphatic carboxylic acids is 1. The third-order valence-corrected chi connectivity index (χ3v) is 3.91. The van der Waals surface area contributed by atoms with Crippen molar-refractivity contribution >= 4 is 11.9 Å². The molecule has 2 aromatic rings. The average Bonchev–Trinajstić information content (AvgIpc) is 2.69. The Morgan fingerprint density at radius 3 is 2.30 bits per heavy atom. The number of hydrogen-bond acceptors (Lipinski definition) is 4. The lowest BCUT2D eigenvalue weighted by Crippen LogP contribution is -2.23. The molecule has 0 atom stereocenters. The molecule has 0 saturated carbocycles. The minimum absolute atomic E-state index is 0.0257. The van der Waals surface area contributed by atoms with Crippen molar-refractivity contribution < 1.29 is 24.2 Å². The van der Waals surface area contributed by atoms with Gasteiger partial charge in [-0.2, -0.15) is 0 Å². The van der Waals surface area contributed by atoms with E-state index in [0.29, 0.717) is 25.5 Å². The van der Waals surface area contributed by atoms with Crippen LogP contribution >= 0.6 is 0 Å². The van der Waals surface area contributed by atoms with Crippen LogP contribution in [0.5, 0.6) is 11.5 Å². The lowest BCUT2D eigenvalue weighted by Gasteiger charge is -2.10. The highest BCUT2D eigenvalue weighted by Gasteiger charge is 2.05. The molecular formula is C21H25NO5. The third kappa shape index (κ3) is 7.81. The van der Waals surface area contributed by atoms with Gasteiger partial charge in [0, 0.05) is 13.0 Å². The van der Waals surface area contributed by atoms with E-state index in [4.69, 9.17) is 14.6 Å². The largest absolute Gasteiger partial charge is 0.490 e. The zero-order chi connectivity index (χ0) is 19.5. The van der Waals surface area contributed by atoms with Crippen LogP contribution in [-0.2, 0) is 22.6 Å². The number of carbonyl (C=O) groups excluding carboxylic acids is 1. The van der Waals surface area contributed by atoms with E-state index in [-0.39, 0.29) is 18.7 Å². The van der Waals surface area contributed by atoms with Crippen LogP contribution in [0.1, 0.15) is 30.9 Å². The summed E-state index contributed by atoms with van der Waals surface area (Å²) in [6.07, 6.45) is 0.804. The molecule has 0 aliphatic rings. The number of nitrogens with one attached hydrogen (secondary N) is 1. The zero-order valence-corrected chi connectivity index (χ0v) is 15.4. The van der Waals surface area contributed by atoms with Crippen molar-refractivity contribution in [2.24, 2.45) is 0 Å². The Balaban J connectivity index is 1.71. The lowest BCUT2D eigenvalue weighted by atomic mass is 10.2. The van der Waals surface area contributed by atoms with E-state index in [1.165, 1.54) is 5.56 Å². The Hall–Kier alpha value is -3.02. The fourth-order valence-corrected chi connectivity index (χ4v) is 2.40. The monoisotopic (exact) mass is 371 g/mol. The molecular weight excluding hydrogens is 346 g/mol. The molecule has 0 saturated heterocycles. The summed E-state index contributed by atoms with van der Waals surface area (Å²) in [7, 11) is 0. The first-order valence-corrected chi connectivity index (χ1v) is 8.99. The van der Waals surface area contributed by atoms with Gasteiger partial charge >= 0.3 is 5.97 Å². The van der Waals surface area contributed by atoms with Gasteiger partial charge in [0.2, 0.25) is 5.91 Å². The van der Waals surface area contributed by atoms with Gasteiger partial charge in [-0.1, -0.05) is 31.2 Å². The minimum atomic E-state index is -0.982. The lowest BCUT2D eigenvalue weighted by molar-refractivity contribution is -0.138. The molecule has 0 aromatic heterocycles. The van der Waals surface area contributed by atoms with E-state index in [1.54, 1.807) is 0 Å². The van der Waals surface area contributed by atoms with E-state index in [1.807, 2.05) is 48.5 Å². The second-order valence-electron chi connectivity index (χ2n) is 6.01. The summed E-state index contributed by atoms with van der Waals surface area (Å²) in [5.74, 6) is 0.237. The number of carbonyl (C=O) groups is 2. The van der Waals surface area contributed by atoms with E-state index >= 15 is 0 Å². The fraction of sp³-hybridized carbons (Fsp3) is 0.333. The molecule has 0 radical (unpaired) electrons. The van der Waals surface area contributed by atoms with Gasteiger partial charge in [-0.15, -0.1) is 0 Å². The molecule has 0 bridgehead atoms. The van der Waals surface area contributed by atoms with Gasteiger partial charge in [-0.3, -0.25) is 9.59 Å². The molecule has 0 aliphatic heterocycles. The maximum Gasteiger partial charge on any atom is 0.303 e. The van der Waals surface area contributed by atoms with E-state index in [2.05, 4.69) is 12.2 Å². The number of benzene rings is 2. The van der Waals surface area contributed by atoms with Gasteiger partial charge in [0.25, 0.3) is 0 Å². The summed E-state index contributed by atoms with van der Waals surface area (Å²) >= 11 is 0. The third-order valence-electron chi connectivity index (χ3n) is 3.91. The fourth-order valence-electron chi connectivity index (χ4n) is 2.40. The van der Waals surface area contributed by atoms with Gasteiger partial charge in [-0.05, 0) is 41.8 Å². The predicted octanol–water partition coefficient (Wildman–Crippen LogP) is 3.19. The highest BCUT2D eigenvalue weighted by atomic mass is 16.5. The summed E-state index contributed by atoms with van der Waals surface area (Å²) in [5.41, 5.74) is 2.15. The first-order valence-electron chi connectivity index (χ1n) is 8.99. The highest BCUT2D eigenvalue weighted by Crippen LogP contribution is 2.15. The quantitative estimate of drug-likeness (QED) is 0.593. The second kappa shape index (κ2) is 10.9. The highest BCUT2D eigenvalue weighted by molar-refractivity contribution is 5.80. The van der Waals surface area contributed by atoms with Crippen molar-refractivity contribution in [3.63, 3.8) is 0 Å². The standard InChI is InChI=1S/C21H25NO5/c1-2-16-6-8-18(9-7-16)26-12-13-27-19-5-3-4-17(14-19)15-22-20(23)10-11-21(24)25/h3-9,14H,2,10-13,15H2,1H3,(H,22,23)(H,24,25). The Morgan fingerprint density at radius 1 is 0.926 bits per heavy atom. The SMILES string of the molecule is CCc1ccc(OCCOc2cccc(CNC(=O)CCC(=O)O)c2)cc1. The Labute approximate surface area is 159 Å². The van der Waals surface area contributed by atoms with Crippen LogP contribution in [0.4, 0.5) is 0 Å². The maximum atomic E-state index is 11.6. The van der Waals surface area contributed by atoms with Gasteiger partial charge in [0.05, 0.1) is 6.42 Å². The molecule has 6 heteroatoms. The molecule has 0 unspecified atom stereocenters. The molecule has 144 valence electrons. The summed E-state index contributed by atoms with van der Waals surface area (Å²) in [6.45, 7) is 3.28. The summed E-state index contributed by atoms with van der Waals surface area (Å²) < 4.78 is 11.3. The number of ether oxygens (including phenoxy) is 2. The van der Waals surface area contributed by atoms with E-state index in [0.717, 1.165) is 17.7 Å². The number of carboxylic acid groups (broad SMARTS) is 1. The first-order chi connectivity index (χ1) is 13.1. The number of rotatable bonds is 11. The van der Waals surface area contributed by atoms with Crippen molar-refractivity contribution in [3.05, 3.63) is 59.7 Å². The number of amides is 1. The topological polar surface area (TPSA) is 84.9 Å². The molecule has 0 heterocycles. The first kappa shape index (κ1) is 20.3. The summed E-state index contributed by atoms with van der Waals surface area (Å²) in [6, 6.07) is 15.4. The van der Waals surface area contributed by atoms with Crippen LogP contribution in [0, 0.1) is 0 Å². The zero-order valence-electron chi connectivity index (χ0n) is 15.4.